The zero-order valence-electron chi connectivity index (χ0n) is 12.6. The first-order valence-electron chi connectivity index (χ1n) is 7.67. The Morgan fingerprint density at radius 3 is 2.64 bits per heavy atom. The highest BCUT2D eigenvalue weighted by Crippen LogP contribution is 2.46. The summed E-state index contributed by atoms with van der Waals surface area (Å²) in [5.74, 6) is 0.641. The van der Waals surface area contributed by atoms with Gasteiger partial charge in [0.15, 0.2) is 0 Å². The highest BCUT2D eigenvalue weighted by atomic mass is 35.5. The van der Waals surface area contributed by atoms with Gasteiger partial charge in [0, 0.05) is 29.9 Å². The molecule has 2 saturated heterocycles. The van der Waals surface area contributed by atoms with E-state index in [1.54, 1.807) is 0 Å². The lowest BCUT2D eigenvalue weighted by Crippen LogP contribution is -2.47. The van der Waals surface area contributed by atoms with E-state index < -0.39 is 0 Å². The van der Waals surface area contributed by atoms with Crippen LogP contribution in [0.25, 0.3) is 0 Å². The summed E-state index contributed by atoms with van der Waals surface area (Å²) in [4.78, 5) is 13.7. The maximum atomic E-state index is 11.2. The molecule has 2 aliphatic heterocycles. The molecule has 3 nitrogen and oxygen atoms in total. The third kappa shape index (κ3) is 3.31. The normalized spacial score (nSPS) is 30.7. The molecule has 3 rings (SSSR count). The second-order valence-corrected chi connectivity index (χ2v) is 6.76. The van der Waals surface area contributed by atoms with Crippen LogP contribution in [0.5, 0.6) is 0 Å². The molecule has 4 atom stereocenters. The fourth-order valence-corrected chi connectivity index (χ4v) is 4.24. The van der Waals surface area contributed by atoms with Crippen LogP contribution in [-0.4, -0.2) is 36.6 Å². The summed E-state index contributed by atoms with van der Waals surface area (Å²) in [5, 5.41) is 0.770. The highest BCUT2D eigenvalue weighted by molar-refractivity contribution is 6.30. The molecule has 0 radical (unpaired) electrons. The Morgan fingerprint density at radius 1 is 1.32 bits per heavy atom. The van der Waals surface area contributed by atoms with Gasteiger partial charge < -0.3 is 9.64 Å². The number of halogens is 1. The van der Waals surface area contributed by atoms with Crippen LogP contribution < -0.4 is 0 Å². The minimum Gasteiger partial charge on any atom is -0.465 e. The summed E-state index contributed by atoms with van der Waals surface area (Å²) in [6, 6.07) is 9.34. The van der Waals surface area contributed by atoms with Crippen LogP contribution in [0.2, 0.25) is 5.02 Å². The Bertz CT molecular complexity index is 516. The number of carbonyl (C=O) groups is 1. The highest BCUT2D eigenvalue weighted by Gasteiger charge is 2.46. The van der Waals surface area contributed by atoms with E-state index in [2.05, 4.69) is 24.1 Å². The molecule has 1 unspecified atom stereocenters. The van der Waals surface area contributed by atoms with Crippen LogP contribution >= 0.6 is 11.6 Å². The minimum atomic E-state index is -0.187. The molecule has 2 fully saturated rings. The lowest BCUT2D eigenvalue weighted by Gasteiger charge is -2.43. The number of hydrogen-bond acceptors (Lipinski definition) is 3. The molecule has 0 spiro atoms. The summed E-state index contributed by atoms with van der Waals surface area (Å²) in [6.45, 7) is 2.01. The van der Waals surface area contributed by atoms with Gasteiger partial charge in [-0.15, -0.1) is 0 Å². The summed E-state index contributed by atoms with van der Waals surface area (Å²) in [6.07, 6.45) is 3.60. The zero-order valence-corrected chi connectivity index (χ0v) is 13.3. The topological polar surface area (TPSA) is 29.5 Å². The van der Waals surface area contributed by atoms with Crippen LogP contribution in [0.3, 0.4) is 0 Å². The molecule has 4 heteroatoms. The molecular formula is C18H26ClNO2. The van der Waals surface area contributed by atoms with Gasteiger partial charge in [-0.25, -0.2) is 0 Å². The second kappa shape index (κ2) is 7.01. The van der Waals surface area contributed by atoms with Crippen molar-refractivity contribution in [1.29, 1.82) is 0 Å². The number of esters is 1. The molecule has 2 heterocycles. The van der Waals surface area contributed by atoms with Crippen molar-refractivity contribution in [3.05, 3.63) is 34.9 Å². The molecule has 0 N–H and O–H groups in total. The predicted octanol–water partition coefficient (Wildman–Crippen LogP) is 4.11. The number of nitrogens with zero attached hydrogens (tertiary/aromatic N) is 1. The van der Waals surface area contributed by atoms with E-state index in [0.717, 1.165) is 11.4 Å². The Kier molecular flexibility index (Phi) is 5.51. The predicted molar refractivity (Wildman–Crippen MR) is 90.2 cm³/mol. The molecule has 2 aliphatic rings. The maximum Gasteiger partial charge on any atom is 0.302 e. The van der Waals surface area contributed by atoms with Crippen molar-refractivity contribution >= 4 is 17.6 Å². The van der Waals surface area contributed by atoms with Crippen molar-refractivity contribution in [3.63, 3.8) is 0 Å². The third-order valence-electron chi connectivity index (χ3n) is 5.21. The number of hydrogen-bond donors (Lipinski definition) is 0. The minimum absolute atomic E-state index is 0. The smallest absolute Gasteiger partial charge is 0.302 e. The summed E-state index contributed by atoms with van der Waals surface area (Å²) in [5.41, 5.74) is 1.32. The molecule has 122 valence electrons. The number of fused-ring (bicyclic) bond motifs is 2. The molecule has 1 aromatic carbocycles. The molecule has 0 amide bonds. The van der Waals surface area contributed by atoms with Crippen molar-refractivity contribution in [3.8, 4) is 0 Å². The standard InChI is InChI=1S/C17H22ClNO2.CH4/c1-11(20)21-10-16-15(12-3-5-13(18)6-4-12)9-14-7-8-17(16)19(14)2;/h3-6,14-17H,7-10H2,1-2H3;1H4/t14-,15-,16+,17?;/m1./s1. The van der Waals surface area contributed by atoms with Gasteiger partial charge in [0.05, 0.1) is 6.61 Å². The van der Waals surface area contributed by atoms with Gasteiger partial charge in [-0.3, -0.25) is 4.79 Å². The number of ether oxygens (including phenoxy) is 1. The monoisotopic (exact) mass is 323 g/mol. The molecule has 0 aromatic heterocycles. The average Bonchev–Trinajstić information content (AvgIpc) is 2.70. The van der Waals surface area contributed by atoms with E-state index in [1.165, 1.54) is 25.3 Å². The Morgan fingerprint density at radius 2 is 2.00 bits per heavy atom. The van der Waals surface area contributed by atoms with Crippen molar-refractivity contribution < 1.29 is 9.53 Å². The molecule has 1 aromatic rings. The van der Waals surface area contributed by atoms with Crippen molar-refractivity contribution in [2.75, 3.05) is 13.7 Å². The molecular weight excluding hydrogens is 298 g/mol. The van der Waals surface area contributed by atoms with Gasteiger partial charge in [-0.05, 0) is 49.9 Å². The van der Waals surface area contributed by atoms with E-state index in [1.807, 2.05) is 12.1 Å². The van der Waals surface area contributed by atoms with Crippen molar-refractivity contribution in [1.82, 2.24) is 4.90 Å². The summed E-state index contributed by atoms with van der Waals surface area (Å²) in [7, 11) is 2.21. The zero-order chi connectivity index (χ0) is 15.0. The first-order chi connectivity index (χ1) is 10.1. The van der Waals surface area contributed by atoms with Gasteiger partial charge >= 0.3 is 5.97 Å². The fraction of sp³-hybridized carbons (Fsp3) is 0.611. The van der Waals surface area contributed by atoms with Gasteiger partial charge in [-0.1, -0.05) is 31.2 Å². The molecule has 0 aliphatic carbocycles. The van der Waals surface area contributed by atoms with Crippen LogP contribution in [0.1, 0.15) is 45.1 Å². The second-order valence-electron chi connectivity index (χ2n) is 6.32. The molecule has 0 saturated carbocycles. The van der Waals surface area contributed by atoms with E-state index in [-0.39, 0.29) is 13.4 Å². The quantitative estimate of drug-likeness (QED) is 0.784. The van der Waals surface area contributed by atoms with Crippen LogP contribution in [-0.2, 0) is 9.53 Å². The van der Waals surface area contributed by atoms with Crippen LogP contribution in [0.4, 0.5) is 0 Å². The molecule has 22 heavy (non-hydrogen) atoms. The van der Waals surface area contributed by atoms with E-state index in [9.17, 15) is 4.79 Å². The number of benzene rings is 1. The maximum absolute atomic E-state index is 11.2. The fourth-order valence-electron chi connectivity index (χ4n) is 4.11. The van der Waals surface area contributed by atoms with Crippen molar-refractivity contribution in [2.24, 2.45) is 5.92 Å². The third-order valence-corrected chi connectivity index (χ3v) is 5.46. The lowest BCUT2D eigenvalue weighted by atomic mass is 9.76. The number of piperidine rings is 1. The Balaban J connectivity index is 0.00000176. The molecule has 2 bridgehead atoms. The lowest BCUT2D eigenvalue weighted by molar-refractivity contribution is -0.143. The van der Waals surface area contributed by atoms with E-state index in [4.69, 9.17) is 16.3 Å². The van der Waals surface area contributed by atoms with Gasteiger partial charge in [0.2, 0.25) is 0 Å². The Labute approximate surface area is 138 Å². The SMILES string of the molecule is C.CC(=O)OC[C@@H]1C2CC[C@H](C[C@@H]1c1ccc(Cl)cc1)N2C. The largest absolute Gasteiger partial charge is 0.465 e. The van der Waals surface area contributed by atoms with E-state index >= 15 is 0 Å². The van der Waals surface area contributed by atoms with Crippen molar-refractivity contribution in [2.45, 2.75) is 51.6 Å². The first-order valence-corrected chi connectivity index (χ1v) is 8.05. The number of rotatable bonds is 3. The first kappa shape index (κ1) is 17.3. The van der Waals surface area contributed by atoms with E-state index in [0.29, 0.717) is 30.5 Å². The average molecular weight is 324 g/mol. The number of carbonyl (C=O) groups excluding carboxylic acids is 1. The van der Waals surface area contributed by atoms with Gasteiger partial charge in [0.1, 0.15) is 0 Å². The summed E-state index contributed by atoms with van der Waals surface area (Å²) >= 11 is 6.00. The summed E-state index contributed by atoms with van der Waals surface area (Å²) < 4.78 is 5.36. The van der Waals surface area contributed by atoms with Gasteiger partial charge in [-0.2, -0.15) is 0 Å². The van der Waals surface area contributed by atoms with Gasteiger partial charge in [0.25, 0.3) is 0 Å². The van der Waals surface area contributed by atoms with Crippen LogP contribution in [0, 0.1) is 5.92 Å². The Hall–Kier alpha value is -1.06. The van der Waals surface area contributed by atoms with Crippen LogP contribution in [0.15, 0.2) is 24.3 Å².